The van der Waals surface area contributed by atoms with Gasteiger partial charge >= 0.3 is 0 Å². The Morgan fingerprint density at radius 3 is 2.94 bits per heavy atom. The molecule has 1 amide bonds. The number of rotatable bonds is 3. The Kier molecular flexibility index (Phi) is 3.42. The van der Waals surface area contributed by atoms with Crippen LogP contribution in [0.15, 0.2) is 24.3 Å². The Bertz CT molecular complexity index is 442. The van der Waals surface area contributed by atoms with Crippen molar-refractivity contribution in [1.29, 1.82) is 0 Å². The molecule has 0 saturated heterocycles. The Hall–Kier alpha value is -1.84. The van der Waals surface area contributed by atoms with E-state index >= 15 is 0 Å². The van der Waals surface area contributed by atoms with Gasteiger partial charge in [0, 0.05) is 31.5 Å². The second-order valence-electron chi connectivity index (χ2n) is 4.23. The lowest BCUT2D eigenvalue weighted by Crippen LogP contribution is -2.12. The minimum Gasteiger partial charge on any atom is -0.490 e. The molecular weight excluding hydrogens is 218 g/mol. The number of Topliss-reactive ketones (excluding diaryl/α,β-unsaturated/α-hetero) is 1. The quantitative estimate of drug-likeness (QED) is 0.870. The van der Waals surface area contributed by atoms with Crippen LogP contribution in [0.1, 0.15) is 26.2 Å². The summed E-state index contributed by atoms with van der Waals surface area (Å²) in [6.07, 6.45) is 1.86. The second kappa shape index (κ2) is 4.99. The van der Waals surface area contributed by atoms with Crippen molar-refractivity contribution in [2.45, 2.75) is 32.3 Å². The molecule has 1 atom stereocenters. The van der Waals surface area contributed by atoms with Gasteiger partial charge in [-0.25, -0.2) is 0 Å². The van der Waals surface area contributed by atoms with Gasteiger partial charge in [-0.3, -0.25) is 9.59 Å². The largest absolute Gasteiger partial charge is 0.490 e. The molecule has 17 heavy (non-hydrogen) atoms. The molecule has 1 aromatic carbocycles. The van der Waals surface area contributed by atoms with Crippen molar-refractivity contribution in [3.63, 3.8) is 0 Å². The van der Waals surface area contributed by atoms with Crippen molar-refractivity contribution < 1.29 is 14.3 Å². The van der Waals surface area contributed by atoms with E-state index in [1.165, 1.54) is 6.92 Å². The summed E-state index contributed by atoms with van der Waals surface area (Å²) in [6.45, 7) is 1.46. The third-order valence-electron chi connectivity index (χ3n) is 2.66. The highest BCUT2D eigenvalue weighted by Crippen LogP contribution is 2.24. The number of hydrogen-bond donors (Lipinski definition) is 1. The second-order valence-corrected chi connectivity index (χ2v) is 4.23. The van der Waals surface area contributed by atoms with Crippen LogP contribution in [0.5, 0.6) is 5.75 Å². The average molecular weight is 233 g/mol. The van der Waals surface area contributed by atoms with E-state index in [-0.39, 0.29) is 17.8 Å². The molecule has 1 aliphatic rings. The van der Waals surface area contributed by atoms with Crippen molar-refractivity contribution in [2.24, 2.45) is 0 Å². The topological polar surface area (TPSA) is 55.4 Å². The lowest BCUT2D eigenvalue weighted by molar-refractivity contribution is -0.117. The van der Waals surface area contributed by atoms with Gasteiger partial charge in [-0.2, -0.15) is 0 Å². The fourth-order valence-electron chi connectivity index (χ4n) is 1.92. The van der Waals surface area contributed by atoms with Crippen LogP contribution in [-0.2, 0) is 9.59 Å². The summed E-state index contributed by atoms with van der Waals surface area (Å²) in [5.74, 6) is 0.835. The highest BCUT2D eigenvalue weighted by molar-refractivity contribution is 5.88. The van der Waals surface area contributed by atoms with E-state index in [1.807, 2.05) is 12.1 Å². The zero-order valence-corrected chi connectivity index (χ0v) is 9.73. The minimum absolute atomic E-state index is 0.0184. The normalized spacial score (nSPS) is 19.1. The predicted molar refractivity (Wildman–Crippen MR) is 64.0 cm³/mol. The number of carbonyl (C=O) groups excluding carboxylic acids is 2. The summed E-state index contributed by atoms with van der Waals surface area (Å²) in [6, 6.07) is 7.21. The van der Waals surface area contributed by atoms with Crippen LogP contribution in [0.2, 0.25) is 0 Å². The summed E-state index contributed by atoms with van der Waals surface area (Å²) in [4.78, 5) is 22.0. The van der Waals surface area contributed by atoms with Crippen molar-refractivity contribution in [3.05, 3.63) is 24.3 Å². The van der Waals surface area contributed by atoms with Gasteiger partial charge in [0.2, 0.25) is 5.91 Å². The molecule has 1 fully saturated rings. The van der Waals surface area contributed by atoms with E-state index < -0.39 is 0 Å². The van der Waals surface area contributed by atoms with Gasteiger partial charge in [0.1, 0.15) is 17.6 Å². The minimum atomic E-state index is -0.113. The SMILES string of the molecule is CC(=O)Nc1cccc(OC2CCC(=O)C2)c1. The molecule has 1 N–H and O–H groups in total. The molecular formula is C13H15NO3. The Balaban J connectivity index is 2.01. The summed E-state index contributed by atoms with van der Waals surface area (Å²) < 4.78 is 5.70. The molecule has 0 aliphatic heterocycles. The van der Waals surface area contributed by atoms with E-state index in [0.29, 0.717) is 24.3 Å². The van der Waals surface area contributed by atoms with Crippen LogP contribution >= 0.6 is 0 Å². The molecule has 4 nitrogen and oxygen atoms in total. The van der Waals surface area contributed by atoms with Crippen LogP contribution in [0.25, 0.3) is 0 Å². The zero-order valence-electron chi connectivity index (χ0n) is 9.73. The number of carbonyl (C=O) groups is 2. The highest BCUT2D eigenvalue weighted by Gasteiger charge is 2.23. The molecule has 0 radical (unpaired) electrons. The Labute approximate surface area is 100.0 Å². The first-order chi connectivity index (χ1) is 8.13. The number of ketones is 1. The third kappa shape index (κ3) is 3.31. The van der Waals surface area contributed by atoms with Crippen LogP contribution in [0, 0.1) is 0 Å². The van der Waals surface area contributed by atoms with E-state index in [0.717, 1.165) is 6.42 Å². The number of hydrogen-bond acceptors (Lipinski definition) is 3. The number of amides is 1. The lowest BCUT2D eigenvalue weighted by atomic mass is 10.2. The van der Waals surface area contributed by atoms with Crippen molar-refractivity contribution in [3.8, 4) is 5.75 Å². The maximum Gasteiger partial charge on any atom is 0.221 e. The summed E-state index contributed by atoms with van der Waals surface area (Å²) in [5.41, 5.74) is 0.708. The molecule has 1 aliphatic carbocycles. The Morgan fingerprint density at radius 2 is 2.29 bits per heavy atom. The predicted octanol–water partition coefficient (Wildman–Crippen LogP) is 2.15. The fourth-order valence-corrected chi connectivity index (χ4v) is 1.92. The molecule has 0 aromatic heterocycles. The molecule has 4 heteroatoms. The maximum atomic E-state index is 11.1. The van der Waals surface area contributed by atoms with Gasteiger partial charge in [0.05, 0.1) is 0 Å². The van der Waals surface area contributed by atoms with Gasteiger partial charge in [-0.1, -0.05) is 6.07 Å². The van der Waals surface area contributed by atoms with Crippen molar-refractivity contribution in [2.75, 3.05) is 5.32 Å². The Morgan fingerprint density at radius 1 is 1.47 bits per heavy atom. The molecule has 0 bridgehead atoms. The van der Waals surface area contributed by atoms with Crippen LogP contribution < -0.4 is 10.1 Å². The maximum absolute atomic E-state index is 11.1. The molecule has 0 spiro atoms. The summed E-state index contributed by atoms with van der Waals surface area (Å²) >= 11 is 0. The zero-order chi connectivity index (χ0) is 12.3. The van der Waals surface area contributed by atoms with Crippen LogP contribution in [0.4, 0.5) is 5.69 Å². The standard InChI is InChI=1S/C13H15NO3/c1-9(15)14-10-3-2-4-12(7-10)17-13-6-5-11(16)8-13/h2-4,7,13H,5-6,8H2,1H3,(H,14,15). The van der Waals surface area contributed by atoms with E-state index in [2.05, 4.69) is 5.32 Å². The molecule has 90 valence electrons. The number of ether oxygens (including phenoxy) is 1. The molecule has 2 rings (SSSR count). The van der Waals surface area contributed by atoms with Crippen molar-refractivity contribution in [1.82, 2.24) is 0 Å². The first-order valence-electron chi connectivity index (χ1n) is 5.69. The monoisotopic (exact) mass is 233 g/mol. The first-order valence-corrected chi connectivity index (χ1v) is 5.69. The van der Waals surface area contributed by atoms with Gasteiger partial charge in [0.15, 0.2) is 0 Å². The number of anilines is 1. The first kappa shape index (κ1) is 11.6. The third-order valence-corrected chi connectivity index (χ3v) is 2.66. The fraction of sp³-hybridized carbons (Fsp3) is 0.385. The van der Waals surface area contributed by atoms with E-state index in [9.17, 15) is 9.59 Å². The highest BCUT2D eigenvalue weighted by atomic mass is 16.5. The molecule has 1 aromatic rings. The van der Waals surface area contributed by atoms with Gasteiger partial charge in [-0.15, -0.1) is 0 Å². The van der Waals surface area contributed by atoms with Crippen LogP contribution in [-0.4, -0.2) is 17.8 Å². The molecule has 0 heterocycles. The number of nitrogens with one attached hydrogen (secondary N) is 1. The van der Waals surface area contributed by atoms with E-state index in [1.54, 1.807) is 12.1 Å². The summed E-state index contributed by atoms with van der Waals surface area (Å²) in [5, 5.41) is 2.69. The average Bonchev–Trinajstić information content (AvgIpc) is 2.63. The van der Waals surface area contributed by atoms with Gasteiger partial charge < -0.3 is 10.1 Å². The smallest absolute Gasteiger partial charge is 0.221 e. The van der Waals surface area contributed by atoms with Gasteiger partial charge in [-0.05, 0) is 18.6 Å². The van der Waals surface area contributed by atoms with E-state index in [4.69, 9.17) is 4.74 Å². The van der Waals surface area contributed by atoms with Crippen LogP contribution in [0.3, 0.4) is 0 Å². The number of benzene rings is 1. The lowest BCUT2D eigenvalue weighted by Gasteiger charge is -2.13. The molecule has 1 unspecified atom stereocenters. The molecule has 1 saturated carbocycles. The van der Waals surface area contributed by atoms with Gasteiger partial charge in [0.25, 0.3) is 0 Å². The summed E-state index contributed by atoms with van der Waals surface area (Å²) in [7, 11) is 0. The van der Waals surface area contributed by atoms with Crippen molar-refractivity contribution >= 4 is 17.4 Å².